The highest BCUT2D eigenvalue weighted by molar-refractivity contribution is 5.76. The summed E-state index contributed by atoms with van der Waals surface area (Å²) < 4.78 is 15.2. The lowest BCUT2D eigenvalue weighted by Gasteiger charge is -2.38. The van der Waals surface area contributed by atoms with Crippen molar-refractivity contribution in [1.29, 1.82) is 0 Å². The number of hydrogen-bond donors (Lipinski definition) is 0. The summed E-state index contributed by atoms with van der Waals surface area (Å²) in [5.74, 6) is -0.110. The number of piperidine rings is 1. The van der Waals surface area contributed by atoms with E-state index in [2.05, 4.69) is 4.90 Å². The molecule has 1 heterocycles. The van der Waals surface area contributed by atoms with E-state index in [9.17, 15) is 4.79 Å². The van der Waals surface area contributed by atoms with Crippen molar-refractivity contribution in [3.05, 3.63) is 0 Å². The lowest BCUT2D eigenvalue weighted by Crippen LogP contribution is -2.47. The molecular formula is C13H25NO4. The Labute approximate surface area is 109 Å². The van der Waals surface area contributed by atoms with Gasteiger partial charge in [-0.25, -0.2) is 0 Å². The standard InChI is InChI=1S/C13H25NO4/c1-13(12(15)18-10-9-17-3)5-4-6-14(11-13)7-8-16-2/h4-11H2,1-3H3. The molecule has 0 amide bonds. The number of likely N-dealkylation sites (tertiary alicyclic amines) is 1. The van der Waals surface area contributed by atoms with Crippen LogP contribution in [0.5, 0.6) is 0 Å². The highest BCUT2D eigenvalue weighted by Crippen LogP contribution is 2.30. The molecule has 1 fully saturated rings. The average molecular weight is 259 g/mol. The Morgan fingerprint density at radius 3 is 2.61 bits per heavy atom. The topological polar surface area (TPSA) is 48.0 Å². The summed E-state index contributed by atoms with van der Waals surface area (Å²) in [6.07, 6.45) is 1.92. The fraction of sp³-hybridized carbons (Fsp3) is 0.923. The van der Waals surface area contributed by atoms with E-state index in [1.165, 1.54) is 0 Å². The van der Waals surface area contributed by atoms with Crippen LogP contribution in [-0.2, 0) is 19.0 Å². The summed E-state index contributed by atoms with van der Waals surface area (Å²) >= 11 is 0. The van der Waals surface area contributed by atoms with Gasteiger partial charge in [0.1, 0.15) is 6.61 Å². The molecule has 1 atom stereocenters. The fourth-order valence-electron chi connectivity index (χ4n) is 2.31. The molecule has 1 rings (SSSR count). The van der Waals surface area contributed by atoms with Gasteiger partial charge in [-0.15, -0.1) is 0 Å². The Kier molecular flexibility index (Phi) is 6.60. The van der Waals surface area contributed by atoms with E-state index >= 15 is 0 Å². The first-order valence-corrected chi connectivity index (χ1v) is 6.50. The van der Waals surface area contributed by atoms with Crippen molar-refractivity contribution in [3.63, 3.8) is 0 Å². The maximum absolute atomic E-state index is 12.1. The highest BCUT2D eigenvalue weighted by atomic mass is 16.6. The molecular weight excluding hydrogens is 234 g/mol. The molecule has 0 saturated carbocycles. The van der Waals surface area contributed by atoms with Crippen LogP contribution in [0.25, 0.3) is 0 Å². The monoisotopic (exact) mass is 259 g/mol. The maximum Gasteiger partial charge on any atom is 0.313 e. The van der Waals surface area contributed by atoms with Gasteiger partial charge in [0.15, 0.2) is 0 Å². The molecule has 1 saturated heterocycles. The summed E-state index contributed by atoms with van der Waals surface area (Å²) in [4.78, 5) is 14.3. The average Bonchev–Trinajstić information content (AvgIpc) is 2.36. The zero-order chi connectivity index (χ0) is 13.4. The Bertz CT molecular complexity index is 259. The van der Waals surface area contributed by atoms with Crippen molar-refractivity contribution in [2.24, 2.45) is 5.41 Å². The molecule has 18 heavy (non-hydrogen) atoms. The van der Waals surface area contributed by atoms with Crippen LogP contribution in [0.4, 0.5) is 0 Å². The smallest absolute Gasteiger partial charge is 0.313 e. The largest absolute Gasteiger partial charge is 0.463 e. The predicted molar refractivity (Wildman–Crippen MR) is 68.5 cm³/mol. The lowest BCUT2D eigenvalue weighted by molar-refractivity contribution is -0.159. The summed E-state index contributed by atoms with van der Waals surface area (Å²) in [6.45, 7) is 6.14. The summed E-state index contributed by atoms with van der Waals surface area (Å²) in [5.41, 5.74) is -0.389. The molecule has 1 aliphatic rings. The van der Waals surface area contributed by atoms with Crippen LogP contribution in [-0.4, -0.2) is 64.5 Å². The van der Waals surface area contributed by atoms with Gasteiger partial charge in [-0.2, -0.15) is 0 Å². The van der Waals surface area contributed by atoms with Crippen molar-refractivity contribution in [3.8, 4) is 0 Å². The van der Waals surface area contributed by atoms with Crippen LogP contribution in [0.1, 0.15) is 19.8 Å². The third-order valence-electron chi connectivity index (χ3n) is 3.40. The van der Waals surface area contributed by atoms with Crippen LogP contribution < -0.4 is 0 Å². The normalized spacial score (nSPS) is 25.1. The minimum Gasteiger partial charge on any atom is -0.463 e. The number of carbonyl (C=O) groups is 1. The summed E-state index contributed by atoms with van der Waals surface area (Å²) in [6, 6.07) is 0. The zero-order valence-electron chi connectivity index (χ0n) is 11.7. The van der Waals surface area contributed by atoms with Gasteiger partial charge in [-0.1, -0.05) is 0 Å². The van der Waals surface area contributed by atoms with E-state index in [1.807, 2.05) is 6.92 Å². The SMILES string of the molecule is COCCOC(=O)C1(C)CCCN(CCOC)C1. The molecule has 5 heteroatoms. The Morgan fingerprint density at radius 2 is 1.94 bits per heavy atom. The third kappa shape index (κ3) is 4.55. The first-order chi connectivity index (χ1) is 8.62. The van der Waals surface area contributed by atoms with E-state index in [-0.39, 0.29) is 11.4 Å². The van der Waals surface area contributed by atoms with Gasteiger partial charge in [0, 0.05) is 27.3 Å². The second-order valence-electron chi connectivity index (χ2n) is 5.06. The number of hydrogen-bond acceptors (Lipinski definition) is 5. The van der Waals surface area contributed by atoms with E-state index in [1.54, 1.807) is 14.2 Å². The first kappa shape index (κ1) is 15.4. The van der Waals surface area contributed by atoms with Gasteiger partial charge in [0.05, 0.1) is 18.6 Å². The van der Waals surface area contributed by atoms with E-state index in [0.717, 1.165) is 32.5 Å². The van der Waals surface area contributed by atoms with Crippen LogP contribution in [0.3, 0.4) is 0 Å². The minimum atomic E-state index is -0.389. The zero-order valence-corrected chi connectivity index (χ0v) is 11.7. The van der Waals surface area contributed by atoms with Crippen molar-refractivity contribution < 1.29 is 19.0 Å². The number of carbonyl (C=O) groups excluding carboxylic acids is 1. The molecule has 106 valence electrons. The molecule has 0 aliphatic carbocycles. The summed E-state index contributed by atoms with van der Waals surface area (Å²) in [7, 11) is 3.30. The molecule has 1 aliphatic heterocycles. The van der Waals surface area contributed by atoms with E-state index < -0.39 is 0 Å². The van der Waals surface area contributed by atoms with Crippen molar-refractivity contribution >= 4 is 5.97 Å². The number of ether oxygens (including phenoxy) is 3. The summed E-state index contributed by atoms with van der Waals surface area (Å²) in [5, 5.41) is 0. The number of nitrogens with zero attached hydrogens (tertiary/aromatic N) is 1. The van der Waals surface area contributed by atoms with Crippen LogP contribution in [0, 0.1) is 5.41 Å². The number of methoxy groups -OCH3 is 2. The molecule has 0 aromatic rings. The molecule has 1 unspecified atom stereocenters. The van der Waals surface area contributed by atoms with Gasteiger partial charge in [-0.3, -0.25) is 9.69 Å². The van der Waals surface area contributed by atoms with E-state index in [4.69, 9.17) is 14.2 Å². The van der Waals surface area contributed by atoms with Crippen molar-refractivity contribution in [1.82, 2.24) is 4.90 Å². The molecule has 0 N–H and O–H groups in total. The first-order valence-electron chi connectivity index (χ1n) is 6.50. The molecule has 5 nitrogen and oxygen atoms in total. The van der Waals surface area contributed by atoms with Gasteiger partial charge in [0.25, 0.3) is 0 Å². The molecule has 0 aromatic heterocycles. The maximum atomic E-state index is 12.1. The van der Waals surface area contributed by atoms with Gasteiger partial charge < -0.3 is 14.2 Å². The quantitative estimate of drug-likeness (QED) is 0.503. The fourth-order valence-corrected chi connectivity index (χ4v) is 2.31. The Hall–Kier alpha value is -0.650. The molecule has 0 bridgehead atoms. The third-order valence-corrected chi connectivity index (χ3v) is 3.40. The Balaban J connectivity index is 2.42. The van der Waals surface area contributed by atoms with Crippen molar-refractivity contribution in [2.45, 2.75) is 19.8 Å². The molecule has 0 spiro atoms. The Morgan fingerprint density at radius 1 is 1.22 bits per heavy atom. The van der Waals surface area contributed by atoms with Crippen LogP contribution in [0.2, 0.25) is 0 Å². The second-order valence-corrected chi connectivity index (χ2v) is 5.06. The van der Waals surface area contributed by atoms with Crippen molar-refractivity contribution in [2.75, 3.05) is 53.7 Å². The van der Waals surface area contributed by atoms with E-state index in [0.29, 0.717) is 19.8 Å². The van der Waals surface area contributed by atoms with Gasteiger partial charge in [-0.05, 0) is 26.3 Å². The number of rotatable bonds is 7. The van der Waals surface area contributed by atoms with Gasteiger partial charge in [0.2, 0.25) is 0 Å². The lowest BCUT2D eigenvalue weighted by atomic mass is 9.82. The minimum absolute atomic E-state index is 0.110. The predicted octanol–water partition coefficient (Wildman–Crippen LogP) is 0.925. The van der Waals surface area contributed by atoms with Crippen LogP contribution >= 0.6 is 0 Å². The van der Waals surface area contributed by atoms with Crippen LogP contribution in [0.15, 0.2) is 0 Å². The second kappa shape index (κ2) is 7.71. The molecule has 0 radical (unpaired) electrons. The van der Waals surface area contributed by atoms with Gasteiger partial charge >= 0.3 is 5.97 Å². The number of esters is 1. The molecule has 0 aromatic carbocycles. The highest BCUT2D eigenvalue weighted by Gasteiger charge is 2.38.